The predicted molar refractivity (Wildman–Crippen MR) is 133 cm³/mol. The second kappa shape index (κ2) is 10.9. The van der Waals surface area contributed by atoms with Gasteiger partial charge in [-0.05, 0) is 42.3 Å². The lowest BCUT2D eigenvalue weighted by molar-refractivity contribution is 0.0948. The van der Waals surface area contributed by atoms with Crippen LogP contribution in [0.25, 0.3) is 10.9 Å². The van der Waals surface area contributed by atoms with Gasteiger partial charge < -0.3 is 19.5 Å². The van der Waals surface area contributed by atoms with Crippen LogP contribution in [0.1, 0.15) is 34.6 Å². The van der Waals surface area contributed by atoms with E-state index in [0.29, 0.717) is 57.8 Å². The van der Waals surface area contributed by atoms with Gasteiger partial charge in [-0.1, -0.05) is 25.6 Å². The number of thioether (sulfide) groups is 1. The number of benzene rings is 2. The molecule has 1 N–H and O–H groups in total. The van der Waals surface area contributed by atoms with E-state index in [1.165, 1.54) is 16.3 Å². The average molecular weight is 498 g/mol. The molecular formula is C25H27N3O6S. The Labute approximate surface area is 206 Å². The standard InChI is InChI=1S/C25H27N3O6S/c1-15(2)12-26-23(30)17-4-6-18-19(10-17)27-25(28(24(18)31)8-9-32-3)35-13-20(29)16-5-7-21-22(11-16)34-14-33-21/h4-7,10-11,15H,8-9,12-14H2,1-3H3,(H,26,30). The van der Waals surface area contributed by atoms with Crippen LogP contribution in [0.5, 0.6) is 11.5 Å². The van der Waals surface area contributed by atoms with E-state index < -0.39 is 0 Å². The Morgan fingerprint density at radius 1 is 1.14 bits per heavy atom. The number of hydrogen-bond acceptors (Lipinski definition) is 8. The maximum absolute atomic E-state index is 13.2. The summed E-state index contributed by atoms with van der Waals surface area (Å²) in [5.74, 6) is 1.16. The van der Waals surface area contributed by atoms with E-state index in [1.807, 2.05) is 13.8 Å². The zero-order valence-corrected chi connectivity index (χ0v) is 20.6. The van der Waals surface area contributed by atoms with Crippen molar-refractivity contribution in [3.05, 3.63) is 57.9 Å². The number of nitrogens with zero attached hydrogens (tertiary/aromatic N) is 2. The number of Topliss-reactive ketones (excluding diaryl/α,β-unsaturated/α-hetero) is 1. The molecule has 0 fully saturated rings. The molecule has 10 heteroatoms. The SMILES string of the molecule is COCCn1c(SCC(=O)c2ccc3c(c2)OCO3)nc2cc(C(=O)NCC(C)C)ccc2c1=O. The second-order valence-corrected chi connectivity index (χ2v) is 9.40. The molecule has 0 spiro atoms. The fourth-order valence-corrected chi connectivity index (χ4v) is 4.43. The molecule has 1 amide bonds. The van der Waals surface area contributed by atoms with Gasteiger partial charge >= 0.3 is 0 Å². The van der Waals surface area contributed by atoms with Crippen molar-refractivity contribution in [2.24, 2.45) is 5.92 Å². The van der Waals surface area contributed by atoms with E-state index in [4.69, 9.17) is 14.2 Å². The molecule has 2 aromatic carbocycles. The molecule has 1 aromatic heterocycles. The monoisotopic (exact) mass is 497 g/mol. The summed E-state index contributed by atoms with van der Waals surface area (Å²) in [6.45, 7) is 5.30. The molecule has 9 nitrogen and oxygen atoms in total. The summed E-state index contributed by atoms with van der Waals surface area (Å²) in [5.41, 5.74) is 1.06. The molecule has 1 aliphatic rings. The molecule has 0 radical (unpaired) electrons. The molecule has 184 valence electrons. The first-order chi connectivity index (χ1) is 16.9. The highest BCUT2D eigenvalue weighted by Crippen LogP contribution is 2.33. The largest absolute Gasteiger partial charge is 0.454 e. The smallest absolute Gasteiger partial charge is 0.262 e. The zero-order valence-electron chi connectivity index (χ0n) is 19.8. The summed E-state index contributed by atoms with van der Waals surface area (Å²) in [4.78, 5) is 43.2. The van der Waals surface area contributed by atoms with E-state index in [1.54, 1.807) is 43.5 Å². The molecule has 0 unspecified atom stereocenters. The summed E-state index contributed by atoms with van der Waals surface area (Å²) < 4.78 is 17.3. The fourth-order valence-electron chi connectivity index (χ4n) is 3.51. The summed E-state index contributed by atoms with van der Waals surface area (Å²) in [7, 11) is 1.55. The van der Waals surface area contributed by atoms with Crippen LogP contribution < -0.4 is 20.3 Å². The average Bonchev–Trinajstić information content (AvgIpc) is 3.33. The Kier molecular flexibility index (Phi) is 7.72. The van der Waals surface area contributed by atoms with Gasteiger partial charge in [0, 0.05) is 24.8 Å². The van der Waals surface area contributed by atoms with Crippen molar-refractivity contribution in [3.63, 3.8) is 0 Å². The number of carbonyl (C=O) groups excluding carboxylic acids is 2. The second-order valence-electron chi connectivity index (χ2n) is 8.46. The van der Waals surface area contributed by atoms with Crippen LogP contribution in [0, 0.1) is 5.92 Å². The lowest BCUT2D eigenvalue weighted by Crippen LogP contribution is -2.28. The van der Waals surface area contributed by atoms with E-state index in [2.05, 4.69) is 10.3 Å². The lowest BCUT2D eigenvalue weighted by atomic mass is 10.1. The van der Waals surface area contributed by atoms with Gasteiger partial charge in [-0.15, -0.1) is 0 Å². The molecule has 0 aliphatic carbocycles. The molecular weight excluding hydrogens is 470 g/mol. The molecule has 0 bridgehead atoms. The van der Waals surface area contributed by atoms with Crippen LogP contribution in [-0.4, -0.2) is 54.0 Å². The molecule has 0 atom stereocenters. The van der Waals surface area contributed by atoms with Gasteiger partial charge in [0.1, 0.15) is 0 Å². The maximum atomic E-state index is 13.2. The minimum absolute atomic E-state index is 0.0686. The van der Waals surface area contributed by atoms with E-state index >= 15 is 0 Å². The number of nitrogens with one attached hydrogen (secondary N) is 1. The predicted octanol–water partition coefficient (Wildman–Crippen LogP) is 3.13. The first-order valence-electron chi connectivity index (χ1n) is 11.2. The molecule has 4 rings (SSSR count). The zero-order chi connectivity index (χ0) is 24.9. The Bertz CT molecular complexity index is 1320. The molecule has 2 heterocycles. The highest BCUT2D eigenvalue weighted by Gasteiger charge is 2.19. The van der Waals surface area contributed by atoms with Gasteiger partial charge in [0.15, 0.2) is 22.4 Å². The summed E-state index contributed by atoms with van der Waals surface area (Å²) in [5, 5.41) is 3.65. The fraction of sp³-hybridized carbons (Fsp3) is 0.360. The number of hydrogen-bond donors (Lipinski definition) is 1. The van der Waals surface area contributed by atoms with Crippen LogP contribution in [0.4, 0.5) is 0 Å². The van der Waals surface area contributed by atoms with Crippen molar-refractivity contribution in [1.82, 2.24) is 14.9 Å². The number of carbonyl (C=O) groups is 2. The Hall–Kier alpha value is -3.37. The minimum Gasteiger partial charge on any atom is -0.454 e. The lowest BCUT2D eigenvalue weighted by Gasteiger charge is -2.13. The van der Waals surface area contributed by atoms with E-state index in [9.17, 15) is 14.4 Å². The number of fused-ring (bicyclic) bond motifs is 2. The number of ether oxygens (including phenoxy) is 3. The number of ketones is 1. The van der Waals surface area contributed by atoms with Gasteiger partial charge in [0.2, 0.25) is 6.79 Å². The van der Waals surface area contributed by atoms with Gasteiger partial charge in [0.05, 0.1) is 29.8 Å². The molecule has 0 saturated carbocycles. The van der Waals surface area contributed by atoms with Crippen molar-refractivity contribution in [1.29, 1.82) is 0 Å². The maximum Gasteiger partial charge on any atom is 0.262 e. The van der Waals surface area contributed by atoms with Crippen molar-refractivity contribution < 1.29 is 23.8 Å². The van der Waals surface area contributed by atoms with Gasteiger partial charge in [-0.3, -0.25) is 19.0 Å². The molecule has 35 heavy (non-hydrogen) atoms. The third-order valence-electron chi connectivity index (χ3n) is 5.40. The van der Waals surface area contributed by atoms with Crippen LogP contribution in [0.3, 0.4) is 0 Å². The van der Waals surface area contributed by atoms with Crippen LogP contribution in [0.2, 0.25) is 0 Å². The quantitative estimate of drug-likeness (QED) is 0.259. The van der Waals surface area contributed by atoms with Crippen molar-refractivity contribution in [2.45, 2.75) is 25.5 Å². The number of amides is 1. The van der Waals surface area contributed by atoms with Crippen molar-refractivity contribution in [2.75, 3.05) is 32.8 Å². The Morgan fingerprint density at radius 2 is 1.91 bits per heavy atom. The van der Waals surface area contributed by atoms with Crippen molar-refractivity contribution in [3.8, 4) is 11.5 Å². The van der Waals surface area contributed by atoms with Gasteiger partial charge in [-0.25, -0.2) is 4.98 Å². The van der Waals surface area contributed by atoms with Gasteiger partial charge in [-0.2, -0.15) is 0 Å². The molecule has 3 aromatic rings. The number of rotatable bonds is 10. The van der Waals surface area contributed by atoms with Crippen LogP contribution in [0.15, 0.2) is 46.3 Å². The van der Waals surface area contributed by atoms with Gasteiger partial charge in [0.25, 0.3) is 11.5 Å². The van der Waals surface area contributed by atoms with E-state index in [-0.39, 0.29) is 36.3 Å². The third-order valence-corrected chi connectivity index (χ3v) is 6.38. The molecule has 1 aliphatic heterocycles. The topological polar surface area (TPSA) is 109 Å². The summed E-state index contributed by atoms with van der Waals surface area (Å²) >= 11 is 1.17. The first kappa shape index (κ1) is 24.7. The molecule has 0 saturated heterocycles. The highest BCUT2D eigenvalue weighted by atomic mass is 32.2. The highest BCUT2D eigenvalue weighted by molar-refractivity contribution is 7.99. The normalized spacial score (nSPS) is 12.3. The number of aromatic nitrogens is 2. The summed E-state index contributed by atoms with van der Waals surface area (Å²) in [6, 6.07) is 9.89. The summed E-state index contributed by atoms with van der Waals surface area (Å²) in [6.07, 6.45) is 0. The van der Waals surface area contributed by atoms with Crippen LogP contribution >= 0.6 is 11.8 Å². The minimum atomic E-state index is -0.251. The van der Waals surface area contributed by atoms with Crippen LogP contribution in [-0.2, 0) is 11.3 Å². The first-order valence-corrected chi connectivity index (χ1v) is 12.2. The number of methoxy groups -OCH3 is 1. The van der Waals surface area contributed by atoms with E-state index in [0.717, 1.165) is 0 Å². The third kappa shape index (κ3) is 5.66. The Morgan fingerprint density at radius 3 is 2.69 bits per heavy atom. The Balaban J connectivity index is 1.61. The van der Waals surface area contributed by atoms with Crippen molar-refractivity contribution >= 4 is 34.4 Å².